The van der Waals surface area contributed by atoms with Crippen LogP contribution in [0, 0.1) is 6.92 Å². The van der Waals surface area contributed by atoms with Crippen molar-refractivity contribution in [2.75, 3.05) is 7.11 Å². The van der Waals surface area contributed by atoms with E-state index in [-0.39, 0.29) is 5.28 Å². The monoisotopic (exact) mass is 264 g/mol. The second kappa shape index (κ2) is 5.69. The van der Waals surface area contributed by atoms with Crippen LogP contribution in [-0.2, 0) is 6.61 Å². The van der Waals surface area contributed by atoms with Crippen molar-refractivity contribution in [1.29, 1.82) is 0 Å². The first kappa shape index (κ1) is 12.6. The minimum atomic E-state index is 0.182. The first-order chi connectivity index (χ1) is 8.69. The minimum absolute atomic E-state index is 0.182. The van der Waals surface area contributed by atoms with E-state index in [1.165, 1.54) is 0 Å². The van der Waals surface area contributed by atoms with E-state index in [1.807, 2.05) is 31.2 Å². The topological polar surface area (TPSA) is 44.2 Å². The highest BCUT2D eigenvalue weighted by atomic mass is 35.5. The molecule has 0 aliphatic heterocycles. The van der Waals surface area contributed by atoms with Gasteiger partial charge in [0.2, 0.25) is 11.2 Å². The molecule has 0 aliphatic rings. The summed E-state index contributed by atoms with van der Waals surface area (Å²) in [6.07, 6.45) is 1.64. The summed E-state index contributed by atoms with van der Waals surface area (Å²) in [4.78, 5) is 7.91. The summed E-state index contributed by atoms with van der Waals surface area (Å²) in [5, 5.41) is 0.182. The molecule has 1 aromatic heterocycles. The third kappa shape index (κ3) is 3.11. The number of nitrogens with zero attached hydrogens (tertiary/aromatic N) is 2. The smallest absolute Gasteiger partial charge is 0.225 e. The maximum Gasteiger partial charge on any atom is 0.225 e. The molecular formula is C13H13ClN2O2. The number of hydrogen-bond acceptors (Lipinski definition) is 4. The van der Waals surface area contributed by atoms with Crippen molar-refractivity contribution in [3.8, 4) is 11.6 Å². The Morgan fingerprint density at radius 1 is 1.33 bits per heavy atom. The van der Waals surface area contributed by atoms with Crippen LogP contribution in [0.3, 0.4) is 0 Å². The van der Waals surface area contributed by atoms with Crippen LogP contribution in [0.4, 0.5) is 0 Å². The van der Waals surface area contributed by atoms with E-state index >= 15 is 0 Å². The number of aromatic nitrogens is 2. The first-order valence-corrected chi connectivity index (χ1v) is 5.81. The second-order valence-corrected chi connectivity index (χ2v) is 4.11. The molecule has 0 aliphatic carbocycles. The molecule has 1 aromatic carbocycles. The highest BCUT2D eigenvalue weighted by Crippen LogP contribution is 2.18. The first-order valence-electron chi connectivity index (χ1n) is 5.44. The number of methoxy groups -OCH3 is 1. The molecular weight excluding hydrogens is 252 g/mol. The SMILES string of the molecule is COc1cccc(COc2nc(Cl)ncc2C)c1. The fraction of sp³-hybridized carbons (Fsp3) is 0.231. The van der Waals surface area contributed by atoms with Crippen molar-refractivity contribution in [1.82, 2.24) is 9.97 Å². The van der Waals surface area contributed by atoms with Crippen LogP contribution in [-0.4, -0.2) is 17.1 Å². The lowest BCUT2D eigenvalue weighted by Gasteiger charge is -2.08. The van der Waals surface area contributed by atoms with Crippen LogP contribution in [0.2, 0.25) is 5.28 Å². The van der Waals surface area contributed by atoms with Crippen molar-refractivity contribution < 1.29 is 9.47 Å². The highest BCUT2D eigenvalue weighted by molar-refractivity contribution is 6.28. The van der Waals surface area contributed by atoms with E-state index in [0.717, 1.165) is 16.9 Å². The largest absolute Gasteiger partial charge is 0.497 e. The standard InChI is InChI=1S/C13H13ClN2O2/c1-9-7-15-13(14)16-12(9)18-8-10-4-3-5-11(6-10)17-2/h3-7H,8H2,1-2H3. The second-order valence-electron chi connectivity index (χ2n) is 3.77. The zero-order chi connectivity index (χ0) is 13.0. The van der Waals surface area contributed by atoms with Gasteiger partial charge in [-0.1, -0.05) is 12.1 Å². The molecule has 0 atom stereocenters. The minimum Gasteiger partial charge on any atom is -0.497 e. The van der Waals surface area contributed by atoms with Crippen LogP contribution in [0.25, 0.3) is 0 Å². The molecule has 0 spiro atoms. The summed E-state index contributed by atoms with van der Waals surface area (Å²) >= 11 is 5.72. The van der Waals surface area contributed by atoms with Crippen LogP contribution < -0.4 is 9.47 Å². The molecule has 18 heavy (non-hydrogen) atoms. The molecule has 94 valence electrons. The Balaban J connectivity index is 2.08. The summed E-state index contributed by atoms with van der Waals surface area (Å²) in [5.74, 6) is 1.30. The number of aryl methyl sites for hydroxylation is 1. The van der Waals surface area contributed by atoms with Gasteiger partial charge in [0.1, 0.15) is 12.4 Å². The van der Waals surface area contributed by atoms with Crippen LogP contribution in [0.15, 0.2) is 30.5 Å². The van der Waals surface area contributed by atoms with Gasteiger partial charge in [0.05, 0.1) is 7.11 Å². The number of hydrogen-bond donors (Lipinski definition) is 0. The van der Waals surface area contributed by atoms with Crippen LogP contribution in [0.5, 0.6) is 11.6 Å². The molecule has 0 amide bonds. The molecule has 2 aromatic rings. The maximum atomic E-state index is 5.72. The molecule has 0 N–H and O–H groups in total. The van der Waals surface area contributed by atoms with Gasteiger partial charge < -0.3 is 9.47 Å². The van der Waals surface area contributed by atoms with Crippen LogP contribution >= 0.6 is 11.6 Å². The zero-order valence-corrected chi connectivity index (χ0v) is 10.9. The molecule has 5 heteroatoms. The molecule has 0 radical (unpaired) electrons. The van der Waals surface area contributed by atoms with Gasteiger partial charge in [-0.15, -0.1) is 0 Å². The van der Waals surface area contributed by atoms with Gasteiger partial charge in [0.25, 0.3) is 0 Å². The average molecular weight is 265 g/mol. The molecule has 0 unspecified atom stereocenters. The average Bonchev–Trinajstić information content (AvgIpc) is 2.40. The summed E-state index contributed by atoms with van der Waals surface area (Å²) in [5.41, 5.74) is 1.85. The Kier molecular flexibility index (Phi) is 3.99. The normalized spacial score (nSPS) is 10.2. The van der Waals surface area contributed by atoms with Gasteiger partial charge in [-0.2, -0.15) is 4.98 Å². The molecule has 0 fully saturated rings. The molecule has 4 nitrogen and oxygen atoms in total. The predicted octanol–water partition coefficient (Wildman–Crippen LogP) is 3.03. The molecule has 1 heterocycles. The summed E-state index contributed by atoms with van der Waals surface area (Å²) in [7, 11) is 1.63. The Bertz CT molecular complexity index is 546. The number of benzene rings is 1. The summed E-state index contributed by atoms with van der Waals surface area (Å²) < 4.78 is 10.8. The Labute approximate surface area is 111 Å². The third-order valence-corrected chi connectivity index (χ3v) is 2.59. The quantitative estimate of drug-likeness (QED) is 0.796. The molecule has 0 bridgehead atoms. The van der Waals surface area contributed by atoms with E-state index in [9.17, 15) is 0 Å². The number of halogens is 1. The third-order valence-electron chi connectivity index (χ3n) is 2.41. The van der Waals surface area contributed by atoms with Gasteiger partial charge in [-0.25, -0.2) is 4.98 Å². The molecule has 2 rings (SSSR count). The summed E-state index contributed by atoms with van der Waals surface area (Å²) in [6.45, 7) is 2.28. The lowest BCUT2D eigenvalue weighted by molar-refractivity contribution is 0.290. The van der Waals surface area contributed by atoms with Crippen molar-refractivity contribution in [3.63, 3.8) is 0 Å². The fourth-order valence-electron chi connectivity index (χ4n) is 1.47. The van der Waals surface area contributed by atoms with Crippen molar-refractivity contribution in [2.24, 2.45) is 0 Å². The van der Waals surface area contributed by atoms with E-state index < -0.39 is 0 Å². The Morgan fingerprint density at radius 3 is 2.94 bits per heavy atom. The number of rotatable bonds is 4. The molecule has 0 saturated heterocycles. The number of ether oxygens (including phenoxy) is 2. The lowest BCUT2D eigenvalue weighted by atomic mass is 10.2. The van der Waals surface area contributed by atoms with Crippen LogP contribution in [0.1, 0.15) is 11.1 Å². The maximum absolute atomic E-state index is 5.72. The van der Waals surface area contributed by atoms with Crippen molar-refractivity contribution in [2.45, 2.75) is 13.5 Å². The van der Waals surface area contributed by atoms with Gasteiger partial charge in [0, 0.05) is 11.8 Å². The molecule has 0 saturated carbocycles. The van der Waals surface area contributed by atoms with Gasteiger partial charge in [-0.05, 0) is 36.2 Å². The van der Waals surface area contributed by atoms with E-state index in [1.54, 1.807) is 13.3 Å². The van der Waals surface area contributed by atoms with E-state index in [0.29, 0.717) is 12.5 Å². The van der Waals surface area contributed by atoms with E-state index in [4.69, 9.17) is 21.1 Å². The Morgan fingerprint density at radius 2 is 2.17 bits per heavy atom. The fourth-order valence-corrected chi connectivity index (χ4v) is 1.59. The predicted molar refractivity (Wildman–Crippen MR) is 69.1 cm³/mol. The van der Waals surface area contributed by atoms with Gasteiger partial charge in [0.15, 0.2) is 0 Å². The lowest BCUT2D eigenvalue weighted by Crippen LogP contribution is -2.00. The zero-order valence-electron chi connectivity index (χ0n) is 10.2. The van der Waals surface area contributed by atoms with Crippen molar-refractivity contribution in [3.05, 3.63) is 46.9 Å². The highest BCUT2D eigenvalue weighted by Gasteiger charge is 2.04. The van der Waals surface area contributed by atoms with Crippen molar-refractivity contribution >= 4 is 11.6 Å². The Hall–Kier alpha value is -1.81. The van der Waals surface area contributed by atoms with Gasteiger partial charge in [-0.3, -0.25) is 0 Å². The van der Waals surface area contributed by atoms with E-state index in [2.05, 4.69) is 9.97 Å². The summed E-state index contributed by atoms with van der Waals surface area (Å²) in [6, 6.07) is 7.67. The van der Waals surface area contributed by atoms with Gasteiger partial charge >= 0.3 is 0 Å².